The van der Waals surface area contributed by atoms with E-state index in [0.29, 0.717) is 27.2 Å². The molecule has 2 amide bonds. The summed E-state index contributed by atoms with van der Waals surface area (Å²) in [5, 5.41) is 11.1. The fourth-order valence-electron chi connectivity index (χ4n) is 3.08. The third-order valence-corrected chi connectivity index (χ3v) is 4.76. The molecule has 1 saturated heterocycles. The van der Waals surface area contributed by atoms with Crippen LogP contribution in [0.1, 0.15) is 16.2 Å². The molecule has 150 valence electrons. The van der Waals surface area contributed by atoms with Crippen LogP contribution >= 0.6 is 11.6 Å². The van der Waals surface area contributed by atoms with Gasteiger partial charge in [0.15, 0.2) is 5.58 Å². The molecule has 1 aliphatic rings. The number of fused-ring (bicyclic) bond motifs is 1. The maximum absolute atomic E-state index is 13.0. The normalized spacial score (nSPS) is 15.2. The SMILES string of the molecule is O=C(O)NCc1nc2cc(-c3ccc(C(=O)N4CC(F)(F)C4)cc3)cc(Cl)c2o1. The first-order chi connectivity index (χ1) is 13.7. The van der Waals surface area contributed by atoms with Gasteiger partial charge in [-0.05, 0) is 35.4 Å². The first kappa shape index (κ1) is 19.1. The van der Waals surface area contributed by atoms with E-state index < -0.39 is 31.0 Å². The van der Waals surface area contributed by atoms with E-state index in [1.807, 2.05) is 0 Å². The Morgan fingerprint density at radius 3 is 2.52 bits per heavy atom. The number of carboxylic acid groups (broad SMARTS) is 1. The van der Waals surface area contributed by atoms with Crippen molar-refractivity contribution in [1.29, 1.82) is 0 Å². The average molecular weight is 422 g/mol. The number of hydrogen-bond acceptors (Lipinski definition) is 4. The molecule has 7 nitrogen and oxygen atoms in total. The van der Waals surface area contributed by atoms with Gasteiger partial charge in [-0.2, -0.15) is 0 Å². The van der Waals surface area contributed by atoms with Crippen LogP contribution in [-0.2, 0) is 6.54 Å². The summed E-state index contributed by atoms with van der Waals surface area (Å²) < 4.78 is 31.4. The molecule has 0 saturated carbocycles. The molecule has 0 aliphatic carbocycles. The second-order valence-corrected chi connectivity index (χ2v) is 7.07. The molecule has 29 heavy (non-hydrogen) atoms. The zero-order chi connectivity index (χ0) is 20.8. The highest BCUT2D eigenvalue weighted by Crippen LogP contribution is 2.32. The van der Waals surface area contributed by atoms with Crippen LogP contribution in [0.2, 0.25) is 5.02 Å². The van der Waals surface area contributed by atoms with Gasteiger partial charge in [0.2, 0.25) is 5.89 Å². The summed E-state index contributed by atoms with van der Waals surface area (Å²) in [7, 11) is 0. The Labute approximate surface area is 167 Å². The maximum Gasteiger partial charge on any atom is 0.405 e. The fraction of sp³-hybridized carbons (Fsp3) is 0.211. The van der Waals surface area contributed by atoms with Gasteiger partial charge < -0.3 is 19.7 Å². The van der Waals surface area contributed by atoms with Crippen LogP contribution in [0.3, 0.4) is 0 Å². The van der Waals surface area contributed by atoms with Crippen molar-refractivity contribution >= 4 is 34.7 Å². The van der Waals surface area contributed by atoms with Gasteiger partial charge in [0.05, 0.1) is 24.7 Å². The van der Waals surface area contributed by atoms with Crippen LogP contribution in [0, 0.1) is 0 Å². The third kappa shape index (κ3) is 3.86. The summed E-state index contributed by atoms with van der Waals surface area (Å²) in [5.74, 6) is -3.07. The van der Waals surface area contributed by atoms with Crippen molar-refractivity contribution in [1.82, 2.24) is 15.2 Å². The Kier molecular flexibility index (Phi) is 4.62. The maximum atomic E-state index is 13.0. The second-order valence-electron chi connectivity index (χ2n) is 6.67. The minimum atomic E-state index is -2.81. The Bertz CT molecular complexity index is 1110. The molecule has 0 unspecified atom stereocenters. The van der Waals surface area contributed by atoms with Gasteiger partial charge in [-0.25, -0.2) is 18.6 Å². The minimum absolute atomic E-state index is 0.0952. The molecule has 4 rings (SSSR count). The Balaban J connectivity index is 1.56. The number of amides is 2. The zero-order valence-electron chi connectivity index (χ0n) is 14.8. The number of oxazole rings is 1. The topological polar surface area (TPSA) is 95.7 Å². The number of rotatable bonds is 4. The Morgan fingerprint density at radius 1 is 1.21 bits per heavy atom. The highest BCUT2D eigenvalue weighted by atomic mass is 35.5. The first-order valence-electron chi connectivity index (χ1n) is 8.55. The highest BCUT2D eigenvalue weighted by molar-refractivity contribution is 6.35. The Hall–Kier alpha value is -3.20. The van der Waals surface area contributed by atoms with E-state index >= 15 is 0 Å². The highest BCUT2D eigenvalue weighted by Gasteiger charge is 2.46. The number of halogens is 3. The smallest absolute Gasteiger partial charge is 0.405 e. The minimum Gasteiger partial charge on any atom is -0.465 e. The summed E-state index contributed by atoms with van der Waals surface area (Å²) in [6.45, 7) is -1.22. The Morgan fingerprint density at radius 2 is 1.90 bits per heavy atom. The molecule has 1 aromatic heterocycles. The third-order valence-electron chi connectivity index (χ3n) is 4.48. The molecule has 0 bridgehead atoms. The number of carbonyl (C=O) groups excluding carboxylic acids is 1. The first-order valence-corrected chi connectivity index (χ1v) is 8.93. The summed E-state index contributed by atoms with van der Waals surface area (Å²) in [5.41, 5.74) is 2.57. The monoisotopic (exact) mass is 421 g/mol. The summed E-state index contributed by atoms with van der Waals surface area (Å²) in [6, 6.07) is 9.90. The van der Waals surface area contributed by atoms with Crippen molar-refractivity contribution in [3.63, 3.8) is 0 Å². The fourth-order valence-corrected chi connectivity index (χ4v) is 3.33. The molecule has 0 atom stereocenters. The van der Waals surface area contributed by atoms with Crippen molar-refractivity contribution in [2.45, 2.75) is 12.5 Å². The van der Waals surface area contributed by atoms with E-state index in [1.54, 1.807) is 36.4 Å². The number of likely N-dealkylation sites (tertiary alicyclic amines) is 1. The van der Waals surface area contributed by atoms with E-state index in [0.717, 1.165) is 10.5 Å². The van der Waals surface area contributed by atoms with Gasteiger partial charge in [-0.3, -0.25) is 4.79 Å². The summed E-state index contributed by atoms with van der Waals surface area (Å²) in [6.07, 6.45) is -1.20. The van der Waals surface area contributed by atoms with E-state index in [-0.39, 0.29) is 12.4 Å². The zero-order valence-corrected chi connectivity index (χ0v) is 15.5. The predicted molar refractivity (Wildman–Crippen MR) is 100 cm³/mol. The molecule has 0 spiro atoms. The second kappa shape index (κ2) is 7.00. The number of hydrogen-bond donors (Lipinski definition) is 2. The van der Waals surface area contributed by atoms with Crippen LogP contribution < -0.4 is 5.32 Å². The van der Waals surface area contributed by atoms with Crippen molar-refractivity contribution in [2.75, 3.05) is 13.1 Å². The lowest BCUT2D eigenvalue weighted by Crippen LogP contribution is -2.58. The van der Waals surface area contributed by atoms with E-state index in [2.05, 4.69) is 10.3 Å². The van der Waals surface area contributed by atoms with Gasteiger partial charge in [0.25, 0.3) is 11.8 Å². The lowest BCUT2D eigenvalue weighted by molar-refractivity contribution is -0.113. The van der Waals surface area contributed by atoms with Crippen LogP contribution in [0.5, 0.6) is 0 Å². The van der Waals surface area contributed by atoms with Crippen LogP contribution in [-0.4, -0.2) is 46.0 Å². The molecule has 10 heteroatoms. The predicted octanol–water partition coefficient (Wildman–Crippen LogP) is 4.01. The van der Waals surface area contributed by atoms with Crippen molar-refractivity contribution in [2.24, 2.45) is 0 Å². The van der Waals surface area contributed by atoms with Crippen LogP contribution in [0.4, 0.5) is 13.6 Å². The summed E-state index contributed by atoms with van der Waals surface area (Å²) in [4.78, 5) is 28.1. The van der Waals surface area contributed by atoms with Gasteiger partial charge in [0, 0.05) is 5.56 Å². The van der Waals surface area contributed by atoms with Crippen molar-refractivity contribution in [3.8, 4) is 11.1 Å². The van der Waals surface area contributed by atoms with Gasteiger partial charge in [-0.1, -0.05) is 23.7 Å². The molecule has 0 radical (unpaired) electrons. The number of benzene rings is 2. The molecule has 2 N–H and O–H groups in total. The number of alkyl halides is 2. The standard InChI is InChI=1S/C19H14ClF2N3O4/c20-13-5-12(6-14-16(13)29-15(24-14)7-23-18(27)28)10-1-3-11(4-2-10)17(26)25-8-19(21,22)9-25/h1-6,23H,7-9H2,(H,27,28). The lowest BCUT2D eigenvalue weighted by Gasteiger charge is -2.38. The largest absolute Gasteiger partial charge is 0.465 e. The molecular formula is C19H14ClF2N3O4. The van der Waals surface area contributed by atoms with E-state index in [4.69, 9.17) is 21.1 Å². The van der Waals surface area contributed by atoms with Gasteiger partial charge >= 0.3 is 6.09 Å². The summed E-state index contributed by atoms with van der Waals surface area (Å²) >= 11 is 6.26. The average Bonchev–Trinajstić information content (AvgIpc) is 3.07. The molecule has 2 aromatic carbocycles. The molecule has 1 aliphatic heterocycles. The number of nitrogens with one attached hydrogen (secondary N) is 1. The van der Waals surface area contributed by atoms with Gasteiger partial charge in [0.1, 0.15) is 5.52 Å². The number of carbonyl (C=O) groups is 2. The van der Waals surface area contributed by atoms with Gasteiger partial charge in [-0.15, -0.1) is 0 Å². The number of aromatic nitrogens is 1. The van der Waals surface area contributed by atoms with E-state index in [1.165, 1.54) is 0 Å². The number of nitrogens with zero attached hydrogens (tertiary/aromatic N) is 2. The van der Waals surface area contributed by atoms with E-state index in [9.17, 15) is 18.4 Å². The quantitative estimate of drug-likeness (QED) is 0.663. The molecule has 2 heterocycles. The lowest BCUT2D eigenvalue weighted by atomic mass is 10.0. The van der Waals surface area contributed by atoms with Crippen LogP contribution in [0.15, 0.2) is 40.8 Å². The van der Waals surface area contributed by atoms with Crippen LogP contribution in [0.25, 0.3) is 22.2 Å². The van der Waals surface area contributed by atoms with Crippen molar-refractivity contribution < 1.29 is 27.9 Å². The molecule has 3 aromatic rings. The molecule has 1 fully saturated rings. The van der Waals surface area contributed by atoms with Crippen molar-refractivity contribution in [3.05, 3.63) is 52.9 Å². The molecular weight excluding hydrogens is 408 g/mol.